The van der Waals surface area contributed by atoms with Gasteiger partial charge in [0.2, 0.25) is 5.91 Å². The molecule has 4 heteroatoms. The number of carbonyl (C=O) groups is 1. The van der Waals surface area contributed by atoms with E-state index in [4.69, 9.17) is 0 Å². The third kappa shape index (κ3) is 4.10. The second-order valence-electron chi connectivity index (χ2n) is 4.95. The predicted octanol–water partition coefficient (Wildman–Crippen LogP) is 1.99. The van der Waals surface area contributed by atoms with Crippen molar-refractivity contribution >= 4 is 5.91 Å². The molecular formula is C15H27N3O. The van der Waals surface area contributed by atoms with Crippen LogP contribution in [-0.2, 0) is 18.4 Å². The summed E-state index contributed by atoms with van der Waals surface area (Å²) >= 11 is 0. The van der Waals surface area contributed by atoms with Gasteiger partial charge in [-0.15, -0.1) is 0 Å². The number of aryl methyl sites for hydroxylation is 1. The smallest absolute Gasteiger partial charge is 0.223 e. The van der Waals surface area contributed by atoms with Gasteiger partial charge in [0.15, 0.2) is 0 Å². The molecule has 1 rings (SSSR count). The standard InChI is InChI=1S/C15H27N3O/c1-6-18(7-2)15(19)8-9-16-11-14-10-12(3)17(5)13(14)4/h10,16H,6-9,11H2,1-5H3. The van der Waals surface area contributed by atoms with Crippen LogP contribution in [0.25, 0.3) is 0 Å². The number of rotatable bonds is 7. The molecule has 1 heterocycles. The minimum atomic E-state index is 0.235. The fraction of sp³-hybridized carbons (Fsp3) is 0.667. The van der Waals surface area contributed by atoms with Gasteiger partial charge in [-0.2, -0.15) is 0 Å². The first-order valence-corrected chi connectivity index (χ1v) is 7.11. The Bertz CT molecular complexity index is 419. The third-order valence-electron chi connectivity index (χ3n) is 3.83. The highest BCUT2D eigenvalue weighted by Crippen LogP contribution is 2.12. The van der Waals surface area contributed by atoms with Crippen LogP contribution in [0.2, 0.25) is 0 Å². The van der Waals surface area contributed by atoms with Gasteiger partial charge in [0.1, 0.15) is 0 Å². The van der Waals surface area contributed by atoms with Crippen LogP contribution in [0.5, 0.6) is 0 Å². The maximum atomic E-state index is 11.8. The van der Waals surface area contributed by atoms with E-state index in [1.807, 2.05) is 18.7 Å². The van der Waals surface area contributed by atoms with Crippen molar-refractivity contribution in [2.75, 3.05) is 19.6 Å². The van der Waals surface area contributed by atoms with E-state index < -0.39 is 0 Å². The number of nitrogens with one attached hydrogen (secondary N) is 1. The molecule has 0 bridgehead atoms. The molecule has 0 spiro atoms. The van der Waals surface area contributed by atoms with Crippen LogP contribution in [0.3, 0.4) is 0 Å². The molecule has 19 heavy (non-hydrogen) atoms. The maximum Gasteiger partial charge on any atom is 0.223 e. The molecule has 4 nitrogen and oxygen atoms in total. The Morgan fingerprint density at radius 2 is 1.95 bits per heavy atom. The molecule has 0 radical (unpaired) electrons. The second-order valence-corrected chi connectivity index (χ2v) is 4.95. The van der Waals surface area contributed by atoms with E-state index in [2.05, 4.69) is 36.8 Å². The summed E-state index contributed by atoms with van der Waals surface area (Å²) in [5.41, 5.74) is 3.88. The van der Waals surface area contributed by atoms with E-state index in [0.29, 0.717) is 6.42 Å². The number of nitrogens with zero attached hydrogens (tertiary/aromatic N) is 2. The summed E-state index contributed by atoms with van der Waals surface area (Å²) in [6.45, 7) is 11.4. The summed E-state index contributed by atoms with van der Waals surface area (Å²) in [5.74, 6) is 0.235. The molecule has 1 aromatic rings. The Hall–Kier alpha value is -1.29. The Morgan fingerprint density at radius 1 is 1.32 bits per heavy atom. The zero-order valence-corrected chi connectivity index (χ0v) is 12.9. The van der Waals surface area contributed by atoms with Gasteiger partial charge in [-0.25, -0.2) is 0 Å². The van der Waals surface area contributed by atoms with Crippen molar-refractivity contribution < 1.29 is 4.79 Å². The van der Waals surface area contributed by atoms with Crippen LogP contribution in [-0.4, -0.2) is 35.0 Å². The van der Waals surface area contributed by atoms with Crippen LogP contribution in [0.1, 0.15) is 37.2 Å². The van der Waals surface area contributed by atoms with Crippen molar-refractivity contribution in [3.05, 3.63) is 23.0 Å². The molecule has 0 fully saturated rings. The molecule has 108 valence electrons. The zero-order chi connectivity index (χ0) is 14.4. The quantitative estimate of drug-likeness (QED) is 0.766. The lowest BCUT2D eigenvalue weighted by Crippen LogP contribution is -2.32. The van der Waals surface area contributed by atoms with E-state index in [0.717, 1.165) is 26.2 Å². The first kappa shape index (κ1) is 15.8. The Balaban J connectivity index is 2.35. The monoisotopic (exact) mass is 265 g/mol. The lowest BCUT2D eigenvalue weighted by atomic mass is 10.2. The predicted molar refractivity (Wildman–Crippen MR) is 79.1 cm³/mol. The molecule has 1 N–H and O–H groups in total. The molecule has 0 aliphatic heterocycles. The van der Waals surface area contributed by atoms with Gasteiger partial charge in [-0.3, -0.25) is 4.79 Å². The van der Waals surface area contributed by atoms with Gasteiger partial charge in [-0.05, 0) is 39.3 Å². The topological polar surface area (TPSA) is 37.3 Å². The molecule has 0 aromatic carbocycles. The lowest BCUT2D eigenvalue weighted by Gasteiger charge is -2.18. The zero-order valence-electron chi connectivity index (χ0n) is 12.9. The van der Waals surface area contributed by atoms with Gasteiger partial charge < -0.3 is 14.8 Å². The van der Waals surface area contributed by atoms with Crippen molar-refractivity contribution in [1.29, 1.82) is 0 Å². The molecule has 1 amide bonds. The number of carbonyl (C=O) groups excluding carboxylic acids is 1. The van der Waals surface area contributed by atoms with Gasteiger partial charge in [0.05, 0.1) is 0 Å². The molecule has 0 aliphatic rings. The first-order valence-electron chi connectivity index (χ1n) is 7.11. The molecular weight excluding hydrogens is 238 g/mol. The van der Waals surface area contributed by atoms with Crippen LogP contribution < -0.4 is 5.32 Å². The van der Waals surface area contributed by atoms with E-state index in [9.17, 15) is 4.79 Å². The summed E-state index contributed by atoms with van der Waals surface area (Å²) in [5, 5.41) is 3.36. The fourth-order valence-electron chi connectivity index (χ4n) is 2.27. The van der Waals surface area contributed by atoms with E-state index in [-0.39, 0.29) is 5.91 Å². The lowest BCUT2D eigenvalue weighted by molar-refractivity contribution is -0.130. The summed E-state index contributed by atoms with van der Waals surface area (Å²) in [4.78, 5) is 13.7. The molecule has 0 atom stereocenters. The van der Waals surface area contributed by atoms with Gasteiger partial charge in [-0.1, -0.05) is 0 Å². The molecule has 1 aromatic heterocycles. The van der Waals surface area contributed by atoms with Crippen LogP contribution >= 0.6 is 0 Å². The van der Waals surface area contributed by atoms with Crippen molar-refractivity contribution in [3.63, 3.8) is 0 Å². The normalized spacial score (nSPS) is 10.8. The molecule has 0 aliphatic carbocycles. The number of amides is 1. The Labute approximate surface area is 116 Å². The SMILES string of the molecule is CCN(CC)C(=O)CCNCc1cc(C)n(C)c1C. The second kappa shape index (κ2) is 7.34. The minimum absolute atomic E-state index is 0.235. The maximum absolute atomic E-state index is 11.8. The minimum Gasteiger partial charge on any atom is -0.352 e. The average Bonchev–Trinajstić information content (AvgIpc) is 2.64. The number of hydrogen-bond donors (Lipinski definition) is 1. The van der Waals surface area contributed by atoms with E-state index in [1.165, 1.54) is 17.0 Å². The summed E-state index contributed by atoms with van der Waals surface area (Å²) in [7, 11) is 2.08. The molecule has 0 unspecified atom stereocenters. The van der Waals surface area contributed by atoms with Gasteiger partial charge >= 0.3 is 0 Å². The van der Waals surface area contributed by atoms with Crippen LogP contribution in [0, 0.1) is 13.8 Å². The number of aromatic nitrogens is 1. The van der Waals surface area contributed by atoms with Crippen LogP contribution in [0.4, 0.5) is 0 Å². The van der Waals surface area contributed by atoms with Crippen molar-refractivity contribution in [2.45, 2.75) is 40.7 Å². The Kier molecular flexibility index (Phi) is 6.09. The fourth-order valence-corrected chi connectivity index (χ4v) is 2.27. The molecule has 0 saturated heterocycles. The largest absolute Gasteiger partial charge is 0.352 e. The highest BCUT2D eigenvalue weighted by molar-refractivity contribution is 5.76. The number of hydrogen-bond acceptors (Lipinski definition) is 2. The van der Waals surface area contributed by atoms with Gasteiger partial charge in [0.25, 0.3) is 0 Å². The molecule has 0 saturated carbocycles. The van der Waals surface area contributed by atoms with Crippen molar-refractivity contribution in [3.8, 4) is 0 Å². The summed E-state index contributed by atoms with van der Waals surface area (Å²) < 4.78 is 2.19. The summed E-state index contributed by atoms with van der Waals surface area (Å²) in [6.07, 6.45) is 0.576. The van der Waals surface area contributed by atoms with E-state index >= 15 is 0 Å². The van der Waals surface area contributed by atoms with Crippen molar-refractivity contribution in [1.82, 2.24) is 14.8 Å². The van der Waals surface area contributed by atoms with Crippen molar-refractivity contribution in [2.24, 2.45) is 7.05 Å². The Morgan fingerprint density at radius 3 is 2.42 bits per heavy atom. The summed E-state index contributed by atoms with van der Waals surface area (Å²) in [6, 6.07) is 2.20. The first-order chi connectivity index (χ1) is 9.01. The average molecular weight is 265 g/mol. The third-order valence-corrected chi connectivity index (χ3v) is 3.83. The van der Waals surface area contributed by atoms with E-state index in [1.54, 1.807) is 0 Å². The van der Waals surface area contributed by atoms with Gasteiger partial charge in [0, 0.05) is 51.0 Å². The highest BCUT2D eigenvalue weighted by Gasteiger charge is 2.09. The highest BCUT2D eigenvalue weighted by atomic mass is 16.2. The van der Waals surface area contributed by atoms with Crippen LogP contribution in [0.15, 0.2) is 6.07 Å².